The Labute approximate surface area is 161 Å². The van der Waals surface area contributed by atoms with Crippen LogP contribution in [0.2, 0.25) is 5.02 Å². The van der Waals surface area contributed by atoms with E-state index in [1.807, 2.05) is 19.2 Å². The van der Waals surface area contributed by atoms with Crippen LogP contribution in [-0.4, -0.2) is 19.7 Å². The highest BCUT2D eigenvalue weighted by atomic mass is 35.5. The van der Waals surface area contributed by atoms with Crippen molar-refractivity contribution in [1.29, 1.82) is 0 Å². The molecule has 0 aliphatic rings. The number of benzene rings is 2. The zero-order valence-electron chi connectivity index (χ0n) is 16.1. The van der Waals surface area contributed by atoms with Crippen LogP contribution in [0.4, 0.5) is 16.2 Å². The Morgan fingerprint density at radius 3 is 2.35 bits per heavy atom. The molecule has 0 saturated heterocycles. The second-order valence-corrected chi connectivity index (χ2v) is 7.72. The number of nitrogens with zero attached hydrogens (tertiary/aromatic N) is 1. The second kappa shape index (κ2) is 8.45. The fourth-order valence-electron chi connectivity index (χ4n) is 2.60. The van der Waals surface area contributed by atoms with Gasteiger partial charge in [0, 0.05) is 19.3 Å². The van der Waals surface area contributed by atoms with Gasteiger partial charge in [0.05, 0.1) is 17.3 Å². The summed E-state index contributed by atoms with van der Waals surface area (Å²) < 4.78 is 4.87. The van der Waals surface area contributed by atoms with Gasteiger partial charge in [-0.3, -0.25) is 5.32 Å². The number of amides is 1. The maximum absolute atomic E-state index is 11.5. The molecule has 0 spiro atoms. The molecule has 0 bridgehead atoms. The van der Waals surface area contributed by atoms with Gasteiger partial charge in [-0.15, -0.1) is 0 Å². The van der Waals surface area contributed by atoms with E-state index in [4.69, 9.17) is 16.3 Å². The van der Waals surface area contributed by atoms with Gasteiger partial charge in [0.2, 0.25) is 0 Å². The first-order valence-electron chi connectivity index (χ1n) is 8.74. The van der Waals surface area contributed by atoms with Crippen LogP contribution < -0.4 is 10.2 Å². The first kappa shape index (κ1) is 20.1. The Kier molecular flexibility index (Phi) is 6.54. The number of hydrogen-bond acceptors (Lipinski definition) is 3. The summed E-state index contributed by atoms with van der Waals surface area (Å²) >= 11 is 6.29. The monoisotopic (exact) mass is 374 g/mol. The Morgan fingerprint density at radius 2 is 1.81 bits per heavy atom. The van der Waals surface area contributed by atoms with E-state index in [9.17, 15) is 4.79 Å². The molecule has 0 heterocycles. The normalized spacial score (nSPS) is 11.2. The van der Waals surface area contributed by atoms with Crippen LogP contribution in [0.1, 0.15) is 38.8 Å². The SMILES string of the molecule is CCOC(=O)Nc1ccc(N(C)Cc2ccc(C(C)(C)C)cc2)cc1Cl. The Balaban J connectivity index is 2.06. The van der Waals surface area contributed by atoms with E-state index in [1.54, 1.807) is 13.0 Å². The molecule has 0 aliphatic carbocycles. The highest BCUT2D eigenvalue weighted by Gasteiger charge is 2.13. The van der Waals surface area contributed by atoms with Crippen molar-refractivity contribution in [2.45, 2.75) is 39.7 Å². The third-order valence-electron chi connectivity index (χ3n) is 4.15. The van der Waals surface area contributed by atoms with Crippen LogP contribution in [0.3, 0.4) is 0 Å². The fourth-order valence-corrected chi connectivity index (χ4v) is 2.82. The molecule has 2 aromatic rings. The molecule has 2 aromatic carbocycles. The average molecular weight is 375 g/mol. The van der Waals surface area contributed by atoms with Crippen LogP contribution in [0.15, 0.2) is 42.5 Å². The van der Waals surface area contributed by atoms with Crippen LogP contribution in [0.25, 0.3) is 0 Å². The van der Waals surface area contributed by atoms with Gasteiger partial charge in [-0.05, 0) is 41.7 Å². The van der Waals surface area contributed by atoms with E-state index in [2.05, 4.69) is 55.3 Å². The molecule has 1 amide bonds. The third kappa shape index (κ3) is 5.40. The maximum Gasteiger partial charge on any atom is 0.411 e. The molecule has 2 rings (SSSR count). The van der Waals surface area contributed by atoms with Crippen molar-refractivity contribution in [2.24, 2.45) is 0 Å². The molecule has 1 N–H and O–H groups in total. The van der Waals surface area contributed by atoms with Gasteiger partial charge >= 0.3 is 6.09 Å². The van der Waals surface area contributed by atoms with Crippen LogP contribution in [0, 0.1) is 0 Å². The summed E-state index contributed by atoms with van der Waals surface area (Å²) in [6.45, 7) is 9.48. The lowest BCUT2D eigenvalue weighted by Gasteiger charge is -2.22. The largest absolute Gasteiger partial charge is 0.450 e. The number of rotatable bonds is 5. The van der Waals surface area contributed by atoms with E-state index in [0.29, 0.717) is 17.3 Å². The van der Waals surface area contributed by atoms with E-state index >= 15 is 0 Å². The smallest absolute Gasteiger partial charge is 0.411 e. The van der Waals surface area contributed by atoms with E-state index in [-0.39, 0.29) is 5.41 Å². The first-order valence-corrected chi connectivity index (χ1v) is 9.12. The van der Waals surface area contributed by atoms with E-state index in [0.717, 1.165) is 12.2 Å². The van der Waals surface area contributed by atoms with Crippen molar-refractivity contribution in [3.05, 3.63) is 58.6 Å². The minimum absolute atomic E-state index is 0.152. The number of anilines is 2. The Hall–Kier alpha value is -2.20. The topological polar surface area (TPSA) is 41.6 Å². The van der Waals surface area contributed by atoms with Gasteiger partial charge in [-0.25, -0.2) is 4.79 Å². The molecule has 5 heteroatoms. The summed E-state index contributed by atoms with van der Waals surface area (Å²) in [5.41, 5.74) is 4.22. The molecule has 26 heavy (non-hydrogen) atoms. The van der Waals surface area contributed by atoms with Gasteiger partial charge in [-0.1, -0.05) is 56.6 Å². The first-order chi connectivity index (χ1) is 12.2. The molecular weight excluding hydrogens is 348 g/mol. The predicted octanol–water partition coefficient (Wildman–Crippen LogP) is 5.84. The van der Waals surface area contributed by atoms with Crippen molar-refractivity contribution in [3.8, 4) is 0 Å². The lowest BCUT2D eigenvalue weighted by Crippen LogP contribution is -2.17. The molecule has 0 radical (unpaired) electrons. The molecule has 4 nitrogen and oxygen atoms in total. The predicted molar refractivity (Wildman–Crippen MR) is 109 cm³/mol. The average Bonchev–Trinajstić information content (AvgIpc) is 2.56. The van der Waals surface area contributed by atoms with Gasteiger partial charge in [0.1, 0.15) is 0 Å². The fraction of sp³-hybridized carbons (Fsp3) is 0.381. The van der Waals surface area contributed by atoms with Crippen LogP contribution in [0.5, 0.6) is 0 Å². The second-order valence-electron chi connectivity index (χ2n) is 7.31. The molecular formula is C21H27ClN2O2. The minimum atomic E-state index is -0.505. The molecule has 0 aromatic heterocycles. The summed E-state index contributed by atoms with van der Waals surface area (Å²) in [7, 11) is 2.02. The van der Waals surface area contributed by atoms with E-state index in [1.165, 1.54) is 11.1 Å². The van der Waals surface area contributed by atoms with Gasteiger partial charge in [-0.2, -0.15) is 0 Å². The number of hydrogen-bond donors (Lipinski definition) is 1. The number of carbonyl (C=O) groups excluding carboxylic acids is 1. The summed E-state index contributed by atoms with van der Waals surface area (Å²) in [5, 5.41) is 3.11. The maximum atomic E-state index is 11.5. The zero-order chi connectivity index (χ0) is 19.3. The van der Waals surface area contributed by atoms with Crippen molar-refractivity contribution in [3.63, 3.8) is 0 Å². The zero-order valence-corrected chi connectivity index (χ0v) is 16.9. The lowest BCUT2D eigenvalue weighted by molar-refractivity contribution is 0.168. The number of ether oxygens (including phenoxy) is 1. The number of halogens is 1. The highest BCUT2D eigenvalue weighted by molar-refractivity contribution is 6.34. The number of carbonyl (C=O) groups is 1. The van der Waals surface area contributed by atoms with Crippen LogP contribution >= 0.6 is 11.6 Å². The van der Waals surface area contributed by atoms with Crippen molar-refractivity contribution in [1.82, 2.24) is 0 Å². The van der Waals surface area contributed by atoms with E-state index < -0.39 is 6.09 Å². The molecule has 0 unspecified atom stereocenters. The third-order valence-corrected chi connectivity index (χ3v) is 4.46. The summed E-state index contributed by atoms with van der Waals surface area (Å²) in [5.74, 6) is 0. The molecule has 0 aliphatic heterocycles. The molecule has 0 fully saturated rings. The Morgan fingerprint density at radius 1 is 1.15 bits per heavy atom. The minimum Gasteiger partial charge on any atom is -0.450 e. The van der Waals surface area contributed by atoms with Crippen molar-refractivity contribution in [2.75, 3.05) is 23.9 Å². The standard InChI is InChI=1S/C21H27ClN2O2/c1-6-26-20(25)23-19-12-11-17(13-18(19)22)24(5)14-15-7-9-16(10-8-15)21(2,3)4/h7-13H,6,14H2,1-5H3,(H,23,25). The quantitative estimate of drug-likeness (QED) is 0.714. The summed E-state index contributed by atoms with van der Waals surface area (Å²) in [6, 6.07) is 14.2. The lowest BCUT2D eigenvalue weighted by atomic mass is 9.87. The summed E-state index contributed by atoms with van der Waals surface area (Å²) in [4.78, 5) is 13.6. The highest BCUT2D eigenvalue weighted by Crippen LogP contribution is 2.28. The van der Waals surface area contributed by atoms with Gasteiger partial charge < -0.3 is 9.64 Å². The molecule has 0 saturated carbocycles. The summed E-state index contributed by atoms with van der Waals surface area (Å²) in [6.07, 6.45) is -0.505. The number of nitrogens with one attached hydrogen (secondary N) is 1. The van der Waals surface area contributed by atoms with Crippen molar-refractivity contribution >= 4 is 29.1 Å². The molecule has 140 valence electrons. The Bertz CT molecular complexity index is 752. The van der Waals surface area contributed by atoms with Gasteiger partial charge in [0.15, 0.2) is 0 Å². The molecule has 0 atom stereocenters. The van der Waals surface area contributed by atoms with Crippen molar-refractivity contribution < 1.29 is 9.53 Å². The van der Waals surface area contributed by atoms with Gasteiger partial charge in [0.25, 0.3) is 0 Å². The van der Waals surface area contributed by atoms with Crippen LogP contribution in [-0.2, 0) is 16.7 Å².